The Kier molecular flexibility index (Phi) is 2.60. The zero-order valence-electron chi connectivity index (χ0n) is 8.44. The minimum absolute atomic E-state index is 0. The van der Waals surface area contributed by atoms with Crippen LogP contribution in [-0.4, -0.2) is 21.1 Å². The molecular weight excluding hydrogens is 258 g/mol. The van der Waals surface area contributed by atoms with Crippen LogP contribution in [0.15, 0.2) is 12.7 Å². The average molecular weight is 270 g/mol. The van der Waals surface area contributed by atoms with Gasteiger partial charge in [0.2, 0.25) is 12.0 Å². The minimum atomic E-state index is 0. The maximum absolute atomic E-state index is 4.41. The van der Waals surface area contributed by atoms with Gasteiger partial charge in [0.15, 0.2) is 5.52 Å². The van der Waals surface area contributed by atoms with E-state index in [1.165, 1.54) is 0 Å². The normalized spacial score (nSPS) is 13.4. The van der Waals surface area contributed by atoms with E-state index in [0.29, 0.717) is 0 Å². The molecule has 1 N–H and O–H groups in total. The van der Waals surface area contributed by atoms with E-state index in [9.17, 15) is 0 Å². The maximum atomic E-state index is 4.41. The summed E-state index contributed by atoms with van der Waals surface area (Å²) in [4.78, 5) is 8.79. The second-order valence-corrected chi connectivity index (χ2v) is 3.42. The van der Waals surface area contributed by atoms with E-state index in [1.54, 1.807) is 0 Å². The van der Waals surface area contributed by atoms with Gasteiger partial charge in [0, 0.05) is 6.54 Å². The number of anilines is 1. The smallest absolute Gasteiger partial charge is 0.253 e. The Morgan fingerprint density at radius 1 is 1.53 bits per heavy atom. The molecular formula is C9H12BrN5. The number of nitrogens with one attached hydrogen (secondary N) is 1. The molecule has 3 rings (SSSR count). The zero-order chi connectivity index (χ0) is 9.54. The second-order valence-electron chi connectivity index (χ2n) is 3.42. The molecule has 0 radical (unpaired) electrons. The molecule has 3 heterocycles. The first-order chi connectivity index (χ1) is 6.90. The number of imidazole rings is 1. The Hall–Kier alpha value is -1.17. The lowest BCUT2D eigenvalue weighted by atomic mass is 10.5. The maximum Gasteiger partial charge on any atom is 0.253 e. The van der Waals surface area contributed by atoms with Crippen molar-refractivity contribution in [2.75, 3.05) is 11.9 Å². The van der Waals surface area contributed by atoms with Crippen molar-refractivity contribution in [3.05, 3.63) is 12.7 Å². The van der Waals surface area contributed by atoms with E-state index in [2.05, 4.69) is 31.3 Å². The van der Waals surface area contributed by atoms with Crippen molar-refractivity contribution in [2.24, 2.45) is 0 Å². The van der Waals surface area contributed by atoms with Crippen LogP contribution < -0.4 is 26.9 Å². The molecule has 0 fully saturated rings. The van der Waals surface area contributed by atoms with Crippen molar-refractivity contribution in [1.29, 1.82) is 0 Å². The third-order valence-electron chi connectivity index (χ3n) is 2.63. The van der Waals surface area contributed by atoms with Gasteiger partial charge in [-0.15, -0.1) is 0 Å². The summed E-state index contributed by atoms with van der Waals surface area (Å²) in [6.07, 6.45) is 3.73. The van der Waals surface area contributed by atoms with Crippen molar-refractivity contribution >= 4 is 17.0 Å². The molecule has 15 heavy (non-hydrogen) atoms. The summed E-state index contributed by atoms with van der Waals surface area (Å²) in [5.74, 6) is 1.10. The predicted octanol–water partition coefficient (Wildman–Crippen LogP) is -2.83. The molecule has 6 heteroatoms. The number of fused-ring (bicyclic) bond motifs is 3. The first-order valence-electron chi connectivity index (χ1n) is 4.87. The lowest BCUT2D eigenvalue weighted by molar-refractivity contribution is -0.672. The van der Waals surface area contributed by atoms with Crippen LogP contribution in [0, 0.1) is 0 Å². The fourth-order valence-electron chi connectivity index (χ4n) is 1.88. The molecule has 80 valence electrons. The summed E-state index contributed by atoms with van der Waals surface area (Å²) in [6.45, 7) is 4.96. The van der Waals surface area contributed by atoms with Crippen LogP contribution in [0.1, 0.15) is 6.92 Å². The fourth-order valence-corrected chi connectivity index (χ4v) is 1.88. The fraction of sp³-hybridized carbons (Fsp3) is 0.444. The van der Waals surface area contributed by atoms with Gasteiger partial charge < -0.3 is 26.9 Å². The van der Waals surface area contributed by atoms with E-state index in [-0.39, 0.29) is 17.0 Å². The SMILES string of the molecule is CCn1cnc2c3[n+](cnc21)CCN3.[Br-]. The van der Waals surface area contributed by atoms with Gasteiger partial charge in [0.25, 0.3) is 5.82 Å². The highest BCUT2D eigenvalue weighted by atomic mass is 79.9. The van der Waals surface area contributed by atoms with Crippen LogP contribution in [0.25, 0.3) is 11.2 Å². The lowest BCUT2D eigenvalue weighted by Gasteiger charge is -1.96. The third-order valence-corrected chi connectivity index (χ3v) is 2.63. The van der Waals surface area contributed by atoms with Gasteiger partial charge in [0.05, 0.1) is 12.9 Å². The van der Waals surface area contributed by atoms with Crippen LogP contribution in [0.2, 0.25) is 0 Å². The number of rotatable bonds is 1. The molecule has 0 unspecified atom stereocenters. The number of halogens is 1. The molecule has 0 saturated carbocycles. The van der Waals surface area contributed by atoms with Gasteiger partial charge in [-0.05, 0) is 6.92 Å². The molecule has 0 aliphatic carbocycles. The topological polar surface area (TPSA) is 46.6 Å². The summed E-state index contributed by atoms with van der Waals surface area (Å²) < 4.78 is 4.16. The van der Waals surface area contributed by atoms with Gasteiger partial charge in [-0.25, -0.2) is 9.55 Å². The first-order valence-corrected chi connectivity index (χ1v) is 4.87. The van der Waals surface area contributed by atoms with Crippen molar-refractivity contribution in [1.82, 2.24) is 14.5 Å². The van der Waals surface area contributed by atoms with Crippen molar-refractivity contribution < 1.29 is 21.5 Å². The van der Waals surface area contributed by atoms with Crippen molar-refractivity contribution in [3.8, 4) is 0 Å². The summed E-state index contributed by atoms with van der Waals surface area (Å²) in [6, 6.07) is 0. The third kappa shape index (κ3) is 1.40. The zero-order valence-corrected chi connectivity index (χ0v) is 10.0. The lowest BCUT2D eigenvalue weighted by Crippen LogP contribution is -3.00. The van der Waals surface area contributed by atoms with Crippen LogP contribution in [0.5, 0.6) is 0 Å². The average Bonchev–Trinajstić information content (AvgIpc) is 2.82. The molecule has 2 aromatic rings. The molecule has 5 nitrogen and oxygen atoms in total. The number of aryl methyl sites for hydroxylation is 1. The summed E-state index contributed by atoms with van der Waals surface area (Å²) >= 11 is 0. The molecule has 0 aromatic carbocycles. The first kappa shape index (κ1) is 10.4. The molecule has 1 aliphatic rings. The van der Waals surface area contributed by atoms with Crippen LogP contribution >= 0.6 is 0 Å². The molecule has 0 spiro atoms. The second kappa shape index (κ2) is 3.77. The quantitative estimate of drug-likeness (QED) is 0.568. The number of aromatic nitrogens is 4. The summed E-state index contributed by atoms with van der Waals surface area (Å²) in [7, 11) is 0. The van der Waals surface area contributed by atoms with Crippen molar-refractivity contribution in [2.45, 2.75) is 20.0 Å². The van der Waals surface area contributed by atoms with Gasteiger partial charge in [-0.2, -0.15) is 0 Å². The van der Waals surface area contributed by atoms with Gasteiger partial charge in [-0.3, -0.25) is 0 Å². The highest BCUT2D eigenvalue weighted by Gasteiger charge is 2.22. The standard InChI is InChI=1S/C9H11N5.BrH/c1-2-13-5-11-7-8-10-3-4-14(8)6-12-9(7)13;/h5-6H,2-4H2,1H3;1H. The molecule has 0 saturated heterocycles. The van der Waals surface area contributed by atoms with E-state index in [4.69, 9.17) is 0 Å². The number of hydrogen-bond acceptors (Lipinski definition) is 3. The van der Waals surface area contributed by atoms with E-state index in [0.717, 1.165) is 36.6 Å². The van der Waals surface area contributed by atoms with Crippen molar-refractivity contribution in [3.63, 3.8) is 0 Å². The Morgan fingerprint density at radius 2 is 2.40 bits per heavy atom. The summed E-state index contributed by atoms with van der Waals surface area (Å²) in [5, 5.41) is 3.33. The highest BCUT2D eigenvalue weighted by molar-refractivity contribution is 5.81. The molecule has 0 bridgehead atoms. The number of hydrogen-bond donors (Lipinski definition) is 1. The summed E-state index contributed by atoms with van der Waals surface area (Å²) in [5.41, 5.74) is 1.94. The monoisotopic (exact) mass is 269 g/mol. The highest BCUT2D eigenvalue weighted by Crippen LogP contribution is 2.17. The molecule has 2 aromatic heterocycles. The predicted molar refractivity (Wildman–Crippen MR) is 51.9 cm³/mol. The Balaban J connectivity index is 0.000000853. The number of nitrogens with zero attached hydrogens (tertiary/aromatic N) is 4. The van der Waals surface area contributed by atoms with Gasteiger partial charge in [0.1, 0.15) is 6.54 Å². The molecule has 0 amide bonds. The minimum Gasteiger partial charge on any atom is -1.00 e. The Labute approximate surface area is 97.9 Å². The van der Waals surface area contributed by atoms with Crippen LogP contribution in [-0.2, 0) is 13.1 Å². The van der Waals surface area contributed by atoms with Crippen LogP contribution in [0.3, 0.4) is 0 Å². The van der Waals surface area contributed by atoms with E-state index >= 15 is 0 Å². The van der Waals surface area contributed by atoms with Gasteiger partial charge in [-0.1, -0.05) is 4.98 Å². The Bertz CT molecular complexity index is 492. The molecule has 1 aliphatic heterocycles. The van der Waals surface area contributed by atoms with Crippen LogP contribution in [0.4, 0.5) is 5.82 Å². The van der Waals surface area contributed by atoms with E-state index in [1.807, 2.05) is 12.7 Å². The molecule has 0 atom stereocenters. The van der Waals surface area contributed by atoms with E-state index < -0.39 is 0 Å². The largest absolute Gasteiger partial charge is 1.00 e. The van der Waals surface area contributed by atoms with Gasteiger partial charge >= 0.3 is 0 Å². The Morgan fingerprint density at radius 3 is 3.20 bits per heavy atom.